The molecule has 0 atom stereocenters. The van der Waals surface area contributed by atoms with E-state index in [0.29, 0.717) is 118 Å². The average molecular weight is 1150 g/mol. The molecule has 0 amide bonds. The smallest absolute Gasteiger partial charge is 0.250 e. The summed E-state index contributed by atoms with van der Waals surface area (Å²) >= 11 is 7.11. The second kappa shape index (κ2) is 23.8. The predicted octanol–water partition coefficient (Wildman–Crippen LogP) is 17.8. The number of benzene rings is 7. The van der Waals surface area contributed by atoms with Gasteiger partial charge < -0.3 is 38.2 Å². The van der Waals surface area contributed by atoms with Crippen LogP contribution in [0.3, 0.4) is 0 Å². The summed E-state index contributed by atoms with van der Waals surface area (Å²) in [5, 5.41) is 20.4. The minimum absolute atomic E-state index is 0.0499. The molecule has 2 heterocycles. The van der Waals surface area contributed by atoms with Crippen LogP contribution in [0.25, 0.3) is 9.69 Å². The fourth-order valence-corrected chi connectivity index (χ4v) is 9.71. The van der Waals surface area contributed by atoms with Gasteiger partial charge in [-0.05, 0) is 144 Å². The maximum absolute atomic E-state index is 16.0. The second-order valence-electron chi connectivity index (χ2n) is 17.2. The highest BCUT2D eigenvalue weighted by molar-refractivity contribution is 9.11. The number of unbranched alkanes of at least 4 members (excludes halogenated alkanes) is 6. The minimum Gasteiger partial charge on any atom is -0.492 e. The quantitative estimate of drug-likeness (QED) is 0.0415. The number of nitriles is 2. The summed E-state index contributed by atoms with van der Waals surface area (Å²) in [6, 6.07) is 34.6. The zero-order valence-corrected chi connectivity index (χ0v) is 43.5. The maximum atomic E-state index is 16.0. The van der Waals surface area contributed by atoms with E-state index in [9.17, 15) is 10.5 Å². The zero-order chi connectivity index (χ0) is 53.3. The fourth-order valence-electron chi connectivity index (χ4n) is 8.84. The van der Waals surface area contributed by atoms with E-state index in [4.69, 9.17) is 41.6 Å². The molecular weight excluding hydrogens is 1110 g/mol. The Labute approximate surface area is 452 Å². The predicted molar refractivity (Wildman–Crippen MR) is 285 cm³/mol. The van der Waals surface area contributed by atoms with E-state index in [2.05, 4.69) is 41.5 Å². The third-order valence-corrected chi connectivity index (χ3v) is 13.6. The van der Waals surface area contributed by atoms with Gasteiger partial charge in [-0.1, -0.05) is 48.5 Å². The molecule has 0 radical (unpaired) electrons. The highest BCUT2D eigenvalue weighted by Gasteiger charge is 2.37. The molecule has 0 saturated carbocycles. The highest BCUT2D eigenvalue weighted by Crippen LogP contribution is 2.57. The molecular formula is C58H42Br2F4N6O6. The van der Waals surface area contributed by atoms with Crippen LogP contribution in [0.5, 0.6) is 46.0 Å². The molecule has 2 aliphatic heterocycles. The van der Waals surface area contributed by atoms with Crippen molar-refractivity contribution < 1.29 is 46.0 Å². The first-order valence-corrected chi connectivity index (χ1v) is 25.7. The Balaban J connectivity index is 0.709. The van der Waals surface area contributed by atoms with Crippen LogP contribution < -0.4 is 38.2 Å². The summed E-state index contributed by atoms with van der Waals surface area (Å²) in [5.41, 5.74) is -0.996. The summed E-state index contributed by atoms with van der Waals surface area (Å²) in [4.78, 5) is 9.77. The van der Waals surface area contributed by atoms with Crippen LogP contribution in [0.2, 0.25) is 0 Å². The number of anilines is 6. The van der Waals surface area contributed by atoms with Crippen LogP contribution in [-0.4, -0.2) is 26.4 Å². The lowest BCUT2D eigenvalue weighted by atomic mass is 10.0. The molecule has 0 unspecified atom stereocenters. The van der Waals surface area contributed by atoms with Gasteiger partial charge in [-0.2, -0.15) is 10.5 Å². The summed E-state index contributed by atoms with van der Waals surface area (Å²) in [6.07, 6.45) is 4.98. The first-order valence-electron chi connectivity index (χ1n) is 24.1. The molecule has 2 aliphatic rings. The summed E-state index contributed by atoms with van der Waals surface area (Å²) in [7, 11) is 0. The van der Waals surface area contributed by atoms with Crippen LogP contribution in [0.15, 0.2) is 118 Å². The van der Waals surface area contributed by atoms with Gasteiger partial charge in [0.25, 0.3) is 11.4 Å². The molecule has 7 aromatic carbocycles. The highest BCUT2D eigenvalue weighted by atomic mass is 79.9. The van der Waals surface area contributed by atoms with E-state index < -0.39 is 57.3 Å². The van der Waals surface area contributed by atoms with E-state index >= 15 is 17.6 Å². The summed E-state index contributed by atoms with van der Waals surface area (Å²) < 4.78 is 101. The van der Waals surface area contributed by atoms with Crippen molar-refractivity contribution in [3.63, 3.8) is 0 Å². The fraction of sp³-hybridized carbons (Fsp3) is 0.207. The van der Waals surface area contributed by atoms with Crippen molar-refractivity contribution in [1.29, 1.82) is 10.5 Å². The average Bonchev–Trinajstić information content (AvgIpc) is 3.44. The van der Waals surface area contributed by atoms with Gasteiger partial charge in [0.05, 0.1) is 82.6 Å². The Morgan fingerprint density at radius 3 is 1.07 bits per heavy atom. The van der Waals surface area contributed by atoms with E-state index in [1.807, 2.05) is 12.1 Å². The summed E-state index contributed by atoms with van der Waals surface area (Å²) in [6.45, 7) is 16.4. The van der Waals surface area contributed by atoms with Crippen molar-refractivity contribution in [2.24, 2.45) is 0 Å². The third kappa shape index (κ3) is 10.5. The van der Waals surface area contributed by atoms with Crippen molar-refractivity contribution in [2.45, 2.75) is 51.4 Å². The standard InChI is InChI=1S/C58H42Br2F4N6O6/c1-67-53-51(63)57(49(61)35(33-65)55(53)69-39-19-7-11-23-43(39)75-44-24-12-8-20-40(44)69)73-29-17-5-3-15-27-71-47-31-38(60)48(32-37(47)59)72-28-16-4-6-18-30-74-58-50(62)36(34-66)56(54(68-2)52(58)64)70-41-21-9-13-25-45(41)76-46-26-14-10-22-42(46)70/h7-14,19-26,31-32H,3-6,15-18,27-30H2. The lowest BCUT2D eigenvalue weighted by Gasteiger charge is -2.34. The number of para-hydroxylation sites is 8. The van der Waals surface area contributed by atoms with Crippen LogP contribution in [0.4, 0.5) is 63.1 Å². The van der Waals surface area contributed by atoms with Crippen molar-refractivity contribution >= 4 is 77.4 Å². The number of halogens is 6. The van der Waals surface area contributed by atoms with Gasteiger partial charge in [-0.15, -0.1) is 0 Å². The van der Waals surface area contributed by atoms with Crippen molar-refractivity contribution in [3.05, 3.63) is 175 Å². The minimum atomic E-state index is -1.19. The molecule has 0 aliphatic carbocycles. The van der Waals surface area contributed by atoms with Crippen molar-refractivity contribution in [2.75, 3.05) is 36.2 Å². The Kier molecular flexibility index (Phi) is 16.5. The van der Waals surface area contributed by atoms with E-state index in [1.54, 1.807) is 109 Å². The van der Waals surface area contributed by atoms with Gasteiger partial charge in [0.15, 0.2) is 57.8 Å². The maximum Gasteiger partial charge on any atom is 0.250 e. The zero-order valence-electron chi connectivity index (χ0n) is 40.3. The first kappa shape index (κ1) is 52.4. The van der Waals surface area contributed by atoms with Crippen molar-refractivity contribution in [3.8, 4) is 58.1 Å². The topological polar surface area (TPSA) is 118 Å². The van der Waals surface area contributed by atoms with Gasteiger partial charge >= 0.3 is 0 Å². The third-order valence-electron chi connectivity index (χ3n) is 12.4. The Hall–Kier alpha value is -8.42. The number of ether oxygens (including phenoxy) is 6. The molecule has 0 N–H and O–H groups in total. The monoisotopic (exact) mass is 1150 g/mol. The number of hydrogen-bond donors (Lipinski definition) is 0. The van der Waals surface area contributed by atoms with Gasteiger partial charge in [-0.3, -0.25) is 0 Å². The van der Waals surface area contributed by atoms with Gasteiger partial charge in [0.2, 0.25) is 0 Å². The van der Waals surface area contributed by atoms with Crippen LogP contribution in [0, 0.1) is 59.1 Å². The molecule has 0 spiro atoms. The molecule has 9 rings (SSSR count). The molecule has 0 bridgehead atoms. The number of rotatable bonds is 20. The lowest BCUT2D eigenvalue weighted by Crippen LogP contribution is -2.18. The molecule has 76 heavy (non-hydrogen) atoms. The molecule has 382 valence electrons. The molecule has 0 saturated heterocycles. The van der Waals surface area contributed by atoms with Gasteiger partial charge in [0.1, 0.15) is 34.8 Å². The van der Waals surface area contributed by atoms with Crippen LogP contribution in [-0.2, 0) is 0 Å². The van der Waals surface area contributed by atoms with Gasteiger partial charge in [-0.25, -0.2) is 27.3 Å². The molecule has 12 nitrogen and oxygen atoms in total. The van der Waals surface area contributed by atoms with Crippen LogP contribution in [0.1, 0.15) is 62.5 Å². The van der Waals surface area contributed by atoms with E-state index in [1.165, 1.54) is 9.80 Å². The van der Waals surface area contributed by atoms with E-state index in [0.717, 1.165) is 12.8 Å². The molecule has 0 aromatic heterocycles. The number of hydrogen-bond acceptors (Lipinski definition) is 10. The SMILES string of the molecule is [C-]#[N+]c1c(F)c(OCCCCCCOc2cc(Br)c(OCCCCCCOc3c(F)c(C#N)c(N4c5ccccc5Oc5ccccc54)c([N+]#[C-])c3F)cc2Br)c(F)c(C#N)c1N1c2ccccc2Oc2ccccc21. The largest absolute Gasteiger partial charge is 0.492 e. The molecule has 18 heteroatoms. The van der Waals surface area contributed by atoms with E-state index in [-0.39, 0.29) is 24.6 Å². The Morgan fingerprint density at radius 1 is 0.461 bits per heavy atom. The van der Waals surface area contributed by atoms with Crippen molar-refractivity contribution in [1.82, 2.24) is 0 Å². The Morgan fingerprint density at radius 2 is 0.763 bits per heavy atom. The van der Waals surface area contributed by atoms with Gasteiger partial charge in [0, 0.05) is 0 Å². The summed E-state index contributed by atoms with van der Waals surface area (Å²) in [5.74, 6) is -3.57. The van der Waals surface area contributed by atoms with Crippen LogP contribution >= 0.6 is 31.9 Å². The normalized spacial score (nSPS) is 11.8. The molecule has 0 fully saturated rings. The molecule has 7 aromatic rings. The first-order chi connectivity index (χ1) is 37.1. The Bertz CT molecular complexity index is 3140. The number of nitrogens with zero attached hydrogens (tertiary/aromatic N) is 6. The lowest BCUT2D eigenvalue weighted by molar-refractivity contribution is 0.267. The number of fused-ring (bicyclic) bond motifs is 4. The second-order valence-corrected chi connectivity index (χ2v) is 18.9.